The van der Waals surface area contributed by atoms with E-state index in [0.29, 0.717) is 19.4 Å². The van der Waals surface area contributed by atoms with Crippen LogP contribution in [0.15, 0.2) is 0 Å². The first-order valence-electron chi connectivity index (χ1n) is 24.4. The van der Waals surface area contributed by atoms with Gasteiger partial charge in [0.05, 0.1) is 51.0 Å². The van der Waals surface area contributed by atoms with Crippen molar-refractivity contribution in [2.45, 2.75) is 220 Å². The average Bonchev–Trinajstić information content (AvgIpc) is 3.57. The Morgan fingerprint density at radius 2 is 1.21 bits per heavy atom. The van der Waals surface area contributed by atoms with Crippen LogP contribution in [0.4, 0.5) is 0 Å². The van der Waals surface area contributed by atoms with Crippen molar-refractivity contribution < 1.29 is 56.9 Å². The van der Waals surface area contributed by atoms with Gasteiger partial charge in [-0.2, -0.15) is 0 Å². The maximum absolute atomic E-state index is 13.1. The van der Waals surface area contributed by atoms with Gasteiger partial charge in [0.15, 0.2) is 11.9 Å². The van der Waals surface area contributed by atoms with E-state index >= 15 is 0 Å². The fraction of sp³-hybridized carbons (Fsp3) is 0.957. The van der Waals surface area contributed by atoms with Crippen LogP contribution >= 0.6 is 7.82 Å². The smallest absolute Gasteiger partial charge is 0.309 e. The molecule has 1 aliphatic rings. The number of phosphoric ester groups is 1. The normalized spacial score (nSPS) is 18.2. The molecule has 362 valence electrons. The van der Waals surface area contributed by atoms with E-state index in [1.165, 1.54) is 103 Å². The lowest BCUT2D eigenvalue weighted by molar-refractivity contribution is -0.228. The van der Waals surface area contributed by atoms with Crippen molar-refractivity contribution in [2.24, 2.45) is 11.8 Å². The average molecular weight is 893 g/mol. The number of carbonyl (C=O) groups is 2. The highest BCUT2D eigenvalue weighted by Gasteiger charge is 2.33. The first kappa shape index (κ1) is 57.9. The summed E-state index contributed by atoms with van der Waals surface area (Å²) < 4.78 is 51.1. The molecule has 13 nitrogen and oxygen atoms in total. The summed E-state index contributed by atoms with van der Waals surface area (Å²) in [6.07, 6.45) is 26.0. The summed E-state index contributed by atoms with van der Waals surface area (Å²) in [6.45, 7) is 11.9. The van der Waals surface area contributed by atoms with Crippen molar-refractivity contribution in [1.82, 2.24) is 4.90 Å². The number of carbonyl (C=O) groups excluding carboxylic acids is 2. The topological polar surface area (TPSA) is 162 Å². The van der Waals surface area contributed by atoms with Crippen LogP contribution in [-0.4, -0.2) is 106 Å². The summed E-state index contributed by atoms with van der Waals surface area (Å²) in [7, 11) is -3.09. The molecule has 1 heterocycles. The van der Waals surface area contributed by atoms with Gasteiger partial charge in [-0.05, 0) is 33.7 Å². The van der Waals surface area contributed by atoms with Gasteiger partial charge in [0, 0.05) is 13.1 Å². The van der Waals surface area contributed by atoms with Gasteiger partial charge in [0.1, 0.15) is 12.7 Å². The van der Waals surface area contributed by atoms with Crippen LogP contribution in [0.2, 0.25) is 0 Å². The van der Waals surface area contributed by atoms with E-state index in [1.54, 1.807) is 18.9 Å². The molecule has 1 saturated heterocycles. The number of hydrogen-bond donors (Lipinski definition) is 1. The Kier molecular flexibility index (Phi) is 34.3. The van der Waals surface area contributed by atoms with E-state index in [-0.39, 0.29) is 51.5 Å². The minimum Gasteiger partial charge on any atom is -0.756 e. The van der Waals surface area contributed by atoms with E-state index in [9.17, 15) is 24.2 Å². The number of esters is 2. The Labute approximate surface area is 372 Å². The van der Waals surface area contributed by atoms with Gasteiger partial charge in [0.25, 0.3) is 7.82 Å². The predicted octanol–water partition coefficient (Wildman–Crippen LogP) is 10.1. The standard InChI is InChI=1S/C47H92NO12P/c1-8-10-12-14-16-18-20-22-24-26-28-30-40(3)45(50)55-37-43(59-46(51)41(4)31-29-27-25-23-21-19-17-15-13-11-9-2)39-58-61(52,53)57-33-32-48(7)34-42(49)35-54-36-44-38-56-47(5,6)60-44/h40-44,49H,8-39H2,1-7H3,(H,52,53)/p-1. The summed E-state index contributed by atoms with van der Waals surface area (Å²) in [6, 6.07) is 0. The number of likely N-dealkylation sites (N-methyl/N-ethyl adjacent to an activating group) is 1. The SMILES string of the molecule is CCCCCCCCCCCCCC(C)C(=O)OCC(COP(=O)([O-])OCCN(C)CC(O)COCC1COC(C)(C)O1)OC(=O)C(C)CCCCCCCCCCCCC. The number of ether oxygens (including phenoxy) is 5. The van der Waals surface area contributed by atoms with Crippen LogP contribution in [-0.2, 0) is 46.9 Å². The summed E-state index contributed by atoms with van der Waals surface area (Å²) in [4.78, 5) is 40.6. The van der Waals surface area contributed by atoms with Crippen molar-refractivity contribution in [3.63, 3.8) is 0 Å². The number of unbranched alkanes of at least 4 members (excludes halogenated alkanes) is 20. The van der Waals surface area contributed by atoms with Gasteiger partial charge < -0.3 is 47.6 Å². The molecule has 0 aromatic rings. The van der Waals surface area contributed by atoms with Crippen molar-refractivity contribution in [1.29, 1.82) is 0 Å². The molecular formula is C47H91NO12P-. The first-order chi connectivity index (χ1) is 29.2. The van der Waals surface area contributed by atoms with Gasteiger partial charge >= 0.3 is 11.9 Å². The van der Waals surface area contributed by atoms with Gasteiger partial charge in [-0.25, -0.2) is 0 Å². The minimum atomic E-state index is -4.81. The maximum atomic E-state index is 13.1. The van der Waals surface area contributed by atoms with Gasteiger partial charge in [-0.3, -0.25) is 14.2 Å². The highest BCUT2D eigenvalue weighted by molar-refractivity contribution is 7.45. The lowest BCUT2D eigenvalue weighted by Gasteiger charge is -2.27. The minimum absolute atomic E-state index is 0.0788. The molecule has 6 atom stereocenters. The molecule has 6 unspecified atom stereocenters. The molecule has 0 aromatic carbocycles. The molecule has 1 aliphatic heterocycles. The lowest BCUT2D eigenvalue weighted by Crippen LogP contribution is -2.35. The molecule has 0 aliphatic carbocycles. The summed E-state index contributed by atoms with van der Waals surface area (Å²) >= 11 is 0. The van der Waals surface area contributed by atoms with Crippen LogP contribution < -0.4 is 4.89 Å². The van der Waals surface area contributed by atoms with Crippen molar-refractivity contribution in [3.05, 3.63) is 0 Å². The van der Waals surface area contributed by atoms with Gasteiger partial charge in [0.2, 0.25) is 0 Å². The van der Waals surface area contributed by atoms with Crippen molar-refractivity contribution in [2.75, 3.05) is 59.8 Å². The zero-order valence-corrected chi connectivity index (χ0v) is 40.7. The van der Waals surface area contributed by atoms with Crippen LogP contribution in [0, 0.1) is 11.8 Å². The monoisotopic (exact) mass is 893 g/mol. The zero-order chi connectivity index (χ0) is 45.2. The molecule has 1 N–H and O–H groups in total. The van der Waals surface area contributed by atoms with Crippen molar-refractivity contribution >= 4 is 19.8 Å². The van der Waals surface area contributed by atoms with Crippen LogP contribution in [0.25, 0.3) is 0 Å². The second-order valence-corrected chi connectivity index (χ2v) is 19.5. The van der Waals surface area contributed by atoms with E-state index < -0.39 is 50.3 Å². The van der Waals surface area contributed by atoms with Crippen LogP contribution in [0.3, 0.4) is 0 Å². The number of aliphatic hydroxyl groups is 1. The second kappa shape index (κ2) is 36.1. The van der Waals surface area contributed by atoms with E-state index in [4.69, 9.17) is 32.7 Å². The molecule has 0 amide bonds. The Morgan fingerprint density at radius 1 is 0.738 bits per heavy atom. The Bertz CT molecular complexity index is 1130. The number of rotatable bonds is 42. The molecule has 0 saturated carbocycles. The molecule has 1 rings (SSSR count). The van der Waals surface area contributed by atoms with Gasteiger partial charge in [-0.1, -0.05) is 169 Å². The Hall–Kier alpha value is -1.15. The van der Waals surface area contributed by atoms with E-state index in [1.807, 2.05) is 20.8 Å². The summed E-state index contributed by atoms with van der Waals surface area (Å²) in [5.41, 5.74) is 0. The van der Waals surface area contributed by atoms with Crippen LogP contribution in [0.1, 0.15) is 196 Å². The Balaban J connectivity index is 2.53. The fourth-order valence-corrected chi connectivity index (χ4v) is 8.11. The third kappa shape index (κ3) is 33.1. The molecule has 0 spiro atoms. The molecule has 1 fully saturated rings. The van der Waals surface area contributed by atoms with Gasteiger partial charge in [-0.15, -0.1) is 0 Å². The fourth-order valence-electron chi connectivity index (χ4n) is 7.38. The highest BCUT2D eigenvalue weighted by atomic mass is 31.2. The van der Waals surface area contributed by atoms with E-state index in [2.05, 4.69) is 13.8 Å². The van der Waals surface area contributed by atoms with Crippen LogP contribution in [0.5, 0.6) is 0 Å². The third-order valence-corrected chi connectivity index (χ3v) is 12.3. The summed E-state index contributed by atoms with van der Waals surface area (Å²) in [5, 5.41) is 10.4. The molecule has 14 heteroatoms. The maximum Gasteiger partial charge on any atom is 0.309 e. The molecule has 0 aromatic heterocycles. The lowest BCUT2D eigenvalue weighted by atomic mass is 10.0. The third-order valence-electron chi connectivity index (χ3n) is 11.3. The van der Waals surface area contributed by atoms with E-state index in [0.717, 1.165) is 38.5 Å². The molecular weight excluding hydrogens is 801 g/mol. The number of aliphatic hydroxyl groups excluding tert-OH is 1. The highest BCUT2D eigenvalue weighted by Crippen LogP contribution is 2.38. The number of phosphoric acid groups is 1. The second-order valence-electron chi connectivity index (χ2n) is 18.1. The number of hydrogen-bond acceptors (Lipinski definition) is 13. The number of nitrogens with zero attached hydrogens (tertiary/aromatic N) is 1. The Morgan fingerprint density at radius 3 is 1.69 bits per heavy atom. The van der Waals surface area contributed by atoms with Crippen molar-refractivity contribution in [3.8, 4) is 0 Å². The predicted molar refractivity (Wildman–Crippen MR) is 240 cm³/mol. The first-order valence-corrected chi connectivity index (χ1v) is 25.9. The molecule has 0 radical (unpaired) electrons. The summed E-state index contributed by atoms with van der Waals surface area (Å²) in [5.74, 6) is -2.28. The molecule has 61 heavy (non-hydrogen) atoms. The quantitative estimate of drug-likeness (QED) is 0.0350. The molecule has 0 bridgehead atoms. The zero-order valence-electron chi connectivity index (χ0n) is 39.8. The largest absolute Gasteiger partial charge is 0.756 e.